The van der Waals surface area contributed by atoms with Crippen molar-refractivity contribution in [3.8, 4) is 90.2 Å². The summed E-state index contributed by atoms with van der Waals surface area (Å²) in [4.78, 5) is 36.1. The van der Waals surface area contributed by atoms with E-state index in [1.165, 1.54) is 31.1 Å². The molecule has 0 spiro atoms. The average Bonchev–Trinajstić information content (AvgIpc) is 4.28. The van der Waals surface area contributed by atoms with Crippen LogP contribution in [-0.2, 0) is 113 Å². The fraction of sp³-hybridized carbons (Fsp3) is 0.102. The summed E-state index contributed by atoms with van der Waals surface area (Å²) in [5.41, 5.74) is 15.7. The minimum absolute atomic E-state index is 0. The molecule has 79 heavy (non-hydrogen) atoms. The van der Waals surface area contributed by atoms with Gasteiger partial charge in [0, 0.05) is 146 Å². The maximum Gasteiger partial charge on any atom is 0.155 e. The standard InChI is InChI=1S/2C14H12N3.2C13H11N4.C5H8O2.4Ir/c1-17-10-8-13(16-17)14-12(7-9-15-14)11-5-3-2-4-6-11;1-17-9-13(16-10-17)14-12(7-8-15-14)11-5-3-2-4-6-11;1-17-8-12(14-9-17)13-11(7-15-16-13)10-5-3-2-4-6-10;1-17-8-7-11(16-17)13-12(14-9-15-13)10-5-3-2-4-6-10;1-4(6)3-5(2)7;;;;/h2*2-10H,1H3;2*2-9H,1H3;3,6H,1-2H3;;;;/q4*-1;;;;;. The molecule has 12 rings (SSSR count). The van der Waals surface area contributed by atoms with Crippen molar-refractivity contribution >= 4 is 5.78 Å². The molecular weight excluding hydrogens is 1710 g/mol. The molecule has 1 N–H and O–H groups in total. The van der Waals surface area contributed by atoms with E-state index in [4.69, 9.17) is 5.11 Å². The summed E-state index contributed by atoms with van der Waals surface area (Å²) in [5, 5.41) is 25.2. The third kappa shape index (κ3) is 17.8. The van der Waals surface area contributed by atoms with Gasteiger partial charge in [0.05, 0.1) is 41.2 Å². The van der Waals surface area contributed by atoms with Gasteiger partial charge >= 0.3 is 0 Å². The van der Waals surface area contributed by atoms with Crippen LogP contribution in [0.2, 0.25) is 0 Å². The second kappa shape index (κ2) is 31.8. The molecule has 0 aliphatic carbocycles. The fourth-order valence-electron chi connectivity index (χ4n) is 7.77. The number of aromatic nitrogens is 14. The third-order valence-corrected chi connectivity index (χ3v) is 11.1. The molecule has 0 saturated carbocycles. The van der Waals surface area contributed by atoms with Crippen molar-refractivity contribution in [3.63, 3.8) is 0 Å². The van der Waals surface area contributed by atoms with E-state index in [1.807, 2.05) is 196 Å². The van der Waals surface area contributed by atoms with Gasteiger partial charge in [-0.1, -0.05) is 145 Å². The van der Waals surface area contributed by atoms with E-state index in [1.54, 1.807) is 34.5 Å². The van der Waals surface area contributed by atoms with Crippen molar-refractivity contribution in [1.82, 2.24) is 68.8 Å². The molecule has 4 radical (unpaired) electrons. The van der Waals surface area contributed by atoms with Crippen LogP contribution >= 0.6 is 0 Å². The molecule has 0 unspecified atom stereocenters. The maximum absolute atomic E-state index is 10.0. The van der Waals surface area contributed by atoms with Gasteiger partial charge in [-0.25, -0.2) is 9.97 Å². The Labute approximate surface area is 512 Å². The Balaban J connectivity index is 0.000000215. The number of ketones is 1. The first-order chi connectivity index (χ1) is 36.5. The van der Waals surface area contributed by atoms with Gasteiger partial charge in [-0.05, 0) is 76.3 Å². The van der Waals surface area contributed by atoms with Crippen LogP contribution in [0.5, 0.6) is 0 Å². The minimum Gasteiger partial charge on any atom is -0.662 e. The predicted octanol–water partition coefficient (Wildman–Crippen LogP) is 10.7. The zero-order chi connectivity index (χ0) is 52.5. The summed E-state index contributed by atoms with van der Waals surface area (Å²) in [6.45, 7) is 2.85. The summed E-state index contributed by atoms with van der Waals surface area (Å²) in [7, 11) is 7.70. The van der Waals surface area contributed by atoms with E-state index in [0.717, 1.165) is 79.1 Å². The molecule has 8 aromatic heterocycles. The molecular formula is C59H54Ir4N14O2-4. The Bertz CT molecular complexity index is 3220. The van der Waals surface area contributed by atoms with Crippen LogP contribution in [0.25, 0.3) is 90.2 Å². The Morgan fingerprint density at radius 3 is 1.29 bits per heavy atom. The molecule has 0 amide bonds. The van der Waals surface area contributed by atoms with Crippen molar-refractivity contribution < 1.29 is 90.3 Å². The molecule has 0 saturated heterocycles. The first-order valence-electron chi connectivity index (χ1n) is 23.8. The predicted molar refractivity (Wildman–Crippen MR) is 292 cm³/mol. The molecule has 0 aliphatic rings. The van der Waals surface area contributed by atoms with Crippen LogP contribution in [0, 0.1) is 0 Å². The van der Waals surface area contributed by atoms with Crippen LogP contribution < -0.4 is 20.1 Å². The Kier molecular flexibility index (Phi) is 25.8. The molecule has 4 aromatic carbocycles. The summed E-state index contributed by atoms with van der Waals surface area (Å²) in [5.74, 6) is -0.0625. The molecule has 16 nitrogen and oxygen atoms in total. The first-order valence-corrected chi connectivity index (χ1v) is 23.8. The number of aliphatic hydroxyl groups excluding tert-OH is 1. The Morgan fingerprint density at radius 2 is 0.899 bits per heavy atom. The normalized spacial score (nSPS) is 10.2. The first kappa shape index (κ1) is 64.0. The number of nitrogens with zero attached hydrogens (tertiary/aromatic N) is 14. The maximum atomic E-state index is 10.0. The number of benzene rings is 4. The van der Waals surface area contributed by atoms with Gasteiger partial charge < -0.3 is 44.4 Å². The SMILES string of the molecule is CC(=O)C=C(C)O.Cn1ccc(-c2[n-]ccc2-c2ccccc2)n1.Cn1ccc(-c2[n-]cnc2-c2ccccc2)n1.Cn1cnc(-c2[n-]ccc2-c2ccccc2)c1.Cn1cnc(-c2[n-]ncc2-c2ccccc2)c1.[Ir].[Ir].[Ir].[Ir]. The van der Waals surface area contributed by atoms with Crippen LogP contribution in [0.15, 0.2) is 220 Å². The number of aliphatic hydroxyl groups is 1. The number of carbonyl (C=O) groups is 1. The number of hydrogen-bond acceptors (Lipinski definition) is 8. The van der Waals surface area contributed by atoms with Crippen LogP contribution in [0.1, 0.15) is 13.8 Å². The molecule has 0 atom stereocenters. The summed E-state index contributed by atoms with van der Waals surface area (Å²) >= 11 is 0. The van der Waals surface area contributed by atoms with Crippen LogP contribution in [0.3, 0.4) is 0 Å². The van der Waals surface area contributed by atoms with E-state index >= 15 is 0 Å². The minimum atomic E-state index is -0.125. The van der Waals surface area contributed by atoms with Gasteiger partial charge in [0.25, 0.3) is 0 Å². The molecule has 0 aliphatic heterocycles. The second-order valence-electron chi connectivity index (χ2n) is 17.1. The topological polar surface area (TPSA) is 191 Å². The largest absolute Gasteiger partial charge is 0.662 e. The Morgan fingerprint density at radius 1 is 0.481 bits per heavy atom. The van der Waals surface area contributed by atoms with E-state index in [2.05, 4.69) is 74.6 Å². The monoisotopic (exact) mass is 1760 g/mol. The van der Waals surface area contributed by atoms with Crippen molar-refractivity contribution in [1.29, 1.82) is 0 Å². The van der Waals surface area contributed by atoms with Gasteiger partial charge in [-0.15, -0.1) is 11.4 Å². The number of rotatable bonds is 9. The number of allylic oxidation sites excluding steroid dienone is 2. The fourth-order valence-corrected chi connectivity index (χ4v) is 7.77. The molecule has 8 heterocycles. The van der Waals surface area contributed by atoms with Gasteiger partial charge in [-0.3, -0.25) is 14.2 Å². The number of imidazole rings is 3. The smallest absolute Gasteiger partial charge is 0.155 e. The Hall–Kier alpha value is -7.49. The number of aryl methyl sites for hydroxylation is 4. The third-order valence-electron chi connectivity index (χ3n) is 11.1. The van der Waals surface area contributed by atoms with Crippen LogP contribution in [-0.4, -0.2) is 59.6 Å². The van der Waals surface area contributed by atoms with E-state index in [0.29, 0.717) is 0 Å². The van der Waals surface area contributed by atoms with Crippen molar-refractivity contribution in [2.24, 2.45) is 28.2 Å². The van der Waals surface area contributed by atoms with Gasteiger partial charge in [0.1, 0.15) is 0 Å². The van der Waals surface area contributed by atoms with Crippen molar-refractivity contribution in [2.45, 2.75) is 13.8 Å². The van der Waals surface area contributed by atoms with Gasteiger partial charge in [-0.2, -0.15) is 22.6 Å². The molecule has 0 bridgehead atoms. The summed E-state index contributed by atoms with van der Waals surface area (Å²) in [6.07, 6.45) is 19.5. The van der Waals surface area contributed by atoms with Crippen LogP contribution in [0.4, 0.5) is 0 Å². The quantitative estimate of drug-likeness (QED) is 0.106. The van der Waals surface area contributed by atoms with Crippen molar-refractivity contribution in [2.75, 3.05) is 0 Å². The zero-order valence-corrected chi connectivity index (χ0v) is 53.2. The van der Waals surface area contributed by atoms with E-state index in [9.17, 15) is 4.79 Å². The second-order valence-corrected chi connectivity index (χ2v) is 17.1. The molecule has 12 aromatic rings. The average molecular weight is 1760 g/mol. The number of hydrogen-bond donors (Lipinski definition) is 1. The zero-order valence-electron chi connectivity index (χ0n) is 43.7. The van der Waals surface area contributed by atoms with E-state index < -0.39 is 0 Å². The molecule has 20 heteroatoms. The summed E-state index contributed by atoms with van der Waals surface area (Å²) < 4.78 is 7.38. The van der Waals surface area contributed by atoms with Gasteiger partial charge in [0.15, 0.2) is 5.78 Å². The number of carbonyl (C=O) groups excluding carboxylic acids is 1. The van der Waals surface area contributed by atoms with Crippen molar-refractivity contribution in [3.05, 3.63) is 220 Å². The summed E-state index contributed by atoms with van der Waals surface area (Å²) in [6, 6.07) is 48.6. The molecule has 412 valence electrons. The molecule has 0 fully saturated rings. The van der Waals surface area contributed by atoms with E-state index in [-0.39, 0.29) is 92.0 Å². The van der Waals surface area contributed by atoms with Gasteiger partial charge in [0.2, 0.25) is 0 Å².